The minimum Gasteiger partial charge on any atom is -0.317 e. The molecular weight excluding hydrogens is 325 g/mol. The molecule has 2 aliphatic rings. The summed E-state index contributed by atoms with van der Waals surface area (Å²) >= 11 is 1.59. The molecule has 1 amide bonds. The average molecular weight is 345 g/mol. The number of carbonyl (C=O) groups is 1. The second kappa shape index (κ2) is 6.61. The van der Waals surface area contributed by atoms with E-state index in [0.29, 0.717) is 11.0 Å². The normalized spacial score (nSPS) is 23.9. The van der Waals surface area contributed by atoms with Crippen LogP contribution >= 0.6 is 11.3 Å². The summed E-state index contributed by atoms with van der Waals surface area (Å²) in [6.07, 6.45) is 4.99. The molecule has 0 bridgehead atoms. The van der Waals surface area contributed by atoms with Crippen LogP contribution in [0.2, 0.25) is 0 Å². The number of anilines is 1. The Bertz CT molecular complexity index is 724. The molecule has 1 aliphatic carbocycles. The van der Waals surface area contributed by atoms with Crippen molar-refractivity contribution in [2.75, 3.05) is 18.4 Å². The maximum Gasteiger partial charge on any atom is 0.229 e. The van der Waals surface area contributed by atoms with E-state index in [1.165, 1.54) is 17.0 Å². The van der Waals surface area contributed by atoms with Crippen LogP contribution < -0.4 is 10.6 Å². The highest BCUT2D eigenvalue weighted by atomic mass is 32.1. The van der Waals surface area contributed by atoms with Crippen LogP contribution in [-0.2, 0) is 4.79 Å². The lowest BCUT2D eigenvalue weighted by molar-refractivity contribution is -0.117. The molecule has 2 fully saturated rings. The molecule has 2 aromatic rings. The fraction of sp³-hybridized carbons (Fsp3) is 0.444. The number of benzene rings is 1. The summed E-state index contributed by atoms with van der Waals surface area (Å²) < 4.78 is 13.0. The van der Waals surface area contributed by atoms with Crippen LogP contribution in [0.3, 0.4) is 0 Å². The van der Waals surface area contributed by atoms with Crippen LogP contribution in [0.25, 0.3) is 0 Å². The smallest absolute Gasteiger partial charge is 0.229 e. The Morgan fingerprint density at radius 1 is 1.25 bits per heavy atom. The zero-order chi connectivity index (χ0) is 16.5. The maximum atomic E-state index is 13.0. The van der Waals surface area contributed by atoms with Crippen molar-refractivity contribution in [1.29, 1.82) is 0 Å². The van der Waals surface area contributed by atoms with Gasteiger partial charge in [-0.15, -0.1) is 11.3 Å². The number of carbonyl (C=O) groups excluding carboxylic acids is 1. The van der Waals surface area contributed by atoms with Crippen molar-refractivity contribution in [1.82, 2.24) is 10.3 Å². The predicted molar refractivity (Wildman–Crippen MR) is 92.8 cm³/mol. The zero-order valence-corrected chi connectivity index (χ0v) is 14.1. The molecule has 4 rings (SSSR count). The molecule has 1 saturated carbocycles. The van der Waals surface area contributed by atoms with Gasteiger partial charge in [-0.3, -0.25) is 4.79 Å². The van der Waals surface area contributed by atoms with Crippen molar-refractivity contribution < 1.29 is 9.18 Å². The third-order valence-electron chi connectivity index (χ3n) is 4.92. The second-order valence-electron chi connectivity index (χ2n) is 6.58. The number of aromatic nitrogens is 1. The van der Waals surface area contributed by atoms with Gasteiger partial charge in [0, 0.05) is 17.0 Å². The first-order valence-corrected chi connectivity index (χ1v) is 9.25. The maximum absolute atomic E-state index is 13.0. The van der Waals surface area contributed by atoms with Crippen molar-refractivity contribution in [3.8, 4) is 0 Å². The van der Waals surface area contributed by atoms with E-state index in [4.69, 9.17) is 0 Å². The molecule has 2 atom stereocenters. The Morgan fingerprint density at radius 2 is 2.00 bits per heavy atom. The summed E-state index contributed by atoms with van der Waals surface area (Å²) in [5.74, 6) is 0.516. The number of amides is 1. The van der Waals surface area contributed by atoms with Crippen molar-refractivity contribution in [3.05, 3.63) is 46.7 Å². The molecule has 2 unspecified atom stereocenters. The van der Waals surface area contributed by atoms with Gasteiger partial charge >= 0.3 is 0 Å². The van der Waals surface area contributed by atoms with Gasteiger partial charge in [-0.2, -0.15) is 0 Å². The minimum absolute atomic E-state index is 0.0236. The van der Waals surface area contributed by atoms with E-state index in [1.807, 2.05) is 6.20 Å². The highest BCUT2D eigenvalue weighted by Crippen LogP contribution is 2.48. The molecule has 6 heteroatoms. The van der Waals surface area contributed by atoms with E-state index in [0.717, 1.165) is 37.9 Å². The van der Waals surface area contributed by atoms with E-state index < -0.39 is 0 Å². The Balaban J connectivity index is 1.35. The van der Waals surface area contributed by atoms with Gasteiger partial charge in [0.15, 0.2) is 5.13 Å². The average Bonchev–Trinajstić information content (AvgIpc) is 3.28. The number of halogens is 1. The minimum atomic E-state index is -0.242. The molecule has 2 heterocycles. The fourth-order valence-corrected chi connectivity index (χ4v) is 4.39. The molecule has 0 spiro atoms. The number of thiazole rings is 1. The van der Waals surface area contributed by atoms with Gasteiger partial charge in [-0.05, 0) is 61.9 Å². The summed E-state index contributed by atoms with van der Waals surface area (Å²) in [6.45, 7) is 2.09. The highest BCUT2D eigenvalue weighted by molar-refractivity contribution is 7.15. The van der Waals surface area contributed by atoms with Crippen LogP contribution in [0.1, 0.15) is 41.5 Å². The van der Waals surface area contributed by atoms with Crippen LogP contribution in [0.15, 0.2) is 30.5 Å². The quantitative estimate of drug-likeness (QED) is 0.892. The number of piperidine rings is 1. The summed E-state index contributed by atoms with van der Waals surface area (Å²) in [5.41, 5.74) is 1.03. The molecule has 4 nitrogen and oxygen atoms in total. The molecular formula is C18H20FN3OS. The van der Waals surface area contributed by atoms with Crippen molar-refractivity contribution >= 4 is 22.4 Å². The molecule has 2 N–H and O–H groups in total. The third kappa shape index (κ3) is 3.35. The van der Waals surface area contributed by atoms with E-state index >= 15 is 0 Å². The van der Waals surface area contributed by atoms with E-state index in [-0.39, 0.29) is 23.6 Å². The van der Waals surface area contributed by atoms with Gasteiger partial charge in [0.25, 0.3) is 0 Å². The lowest BCUT2D eigenvalue weighted by Gasteiger charge is -2.20. The summed E-state index contributed by atoms with van der Waals surface area (Å²) in [5, 5.41) is 7.01. The molecule has 126 valence electrons. The fourth-order valence-electron chi connectivity index (χ4n) is 3.40. The first-order valence-electron chi connectivity index (χ1n) is 8.43. The molecule has 1 aromatic carbocycles. The van der Waals surface area contributed by atoms with Crippen molar-refractivity contribution in [2.24, 2.45) is 5.92 Å². The van der Waals surface area contributed by atoms with Gasteiger partial charge in [0.1, 0.15) is 5.82 Å². The highest BCUT2D eigenvalue weighted by Gasteiger charge is 2.44. The SMILES string of the molecule is O=C(Nc1ncc(C2CCNCC2)s1)C1CC1c1ccc(F)cc1. The van der Waals surface area contributed by atoms with Crippen molar-refractivity contribution in [3.63, 3.8) is 0 Å². The number of hydrogen-bond donors (Lipinski definition) is 2. The largest absolute Gasteiger partial charge is 0.317 e. The second-order valence-corrected chi connectivity index (χ2v) is 7.64. The Hall–Kier alpha value is -1.79. The topological polar surface area (TPSA) is 54.0 Å². The van der Waals surface area contributed by atoms with E-state index in [9.17, 15) is 9.18 Å². The van der Waals surface area contributed by atoms with E-state index in [1.54, 1.807) is 23.5 Å². The van der Waals surface area contributed by atoms with Crippen LogP contribution in [-0.4, -0.2) is 24.0 Å². The first-order chi connectivity index (χ1) is 11.7. The number of nitrogens with zero attached hydrogens (tertiary/aromatic N) is 1. The van der Waals surface area contributed by atoms with E-state index in [2.05, 4.69) is 15.6 Å². The molecule has 1 aliphatic heterocycles. The van der Waals surface area contributed by atoms with Gasteiger partial charge in [-0.25, -0.2) is 9.37 Å². The van der Waals surface area contributed by atoms with Gasteiger partial charge in [0.05, 0.1) is 0 Å². The van der Waals surface area contributed by atoms with Crippen molar-refractivity contribution in [2.45, 2.75) is 31.1 Å². The van der Waals surface area contributed by atoms with Gasteiger partial charge in [0.2, 0.25) is 5.91 Å². The van der Waals surface area contributed by atoms with Gasteiger partial charge < -0.3 is 10.6 Å². The number of hydrogen-bond acceptors (Lipinski definition) is 4. The summed E-state index contributed by atoms with van der Waals surface area (Å²) in [6, 6.07) is 6.45. The lowest BCUT2D eigenvalue weighted by Crippen LogP contribution is -2.26. The first kappa shape index (κ1) is 15.7. The van der Waals surface area contributed by atoms with Crippen LogP contribution in [0.5, 0.6) is 0 Å². The Kier molecular flexibility index (Phi) is 4.33. The third-order valence-corrected chi connectivity index (χ3v) is 6.00. The van der Waals surface area contributed by atoms with Gasteiger partial charge in [-0.1, -0.05) is 12.1 Å². The molecule has 1 aromatic heterocycles. The summed E-state index contributed by atoms with van der Waals surface area (Å²) in [7, 11) is 0. The lowest BCUT2D eigenvalue weighted by atomic mass is 9.97. The Labute approximate surface area is 144 Å². The molecule has 1 saturated heterocycles. The predicted octanol–water partition coefficient (Wildman–Crippen LogP) is 3.49. The zero-order valence-electron chi connectivity index (χ0n) is 13.3. The number of rotatable bonds is 4. The van der Waals surface area contributed by atoms with Crippen LogP contribution in [0, 0.1) is 11.7 Å². The monoisotopic (exact) mass is 345 g/mol. The molecule has 0 radical (unpaired) electrons. The molecule has 24 heavy (non-hydrogen) atoms. The summed E-state index contributed by atoms with van der Waals surface area (Å²) in [4.78, 5) is 18.0. The standard InChI is InChI=1S/C18H20FN3OS/c19-13-3-1-11(2-4-13)14-9-15(14)17(23)22-18-21-10-16(24-18)12-5-7-20-8-6-12/h1-4,10,12,14-15,20H,5-9H2,(H,21,22,23). The number of nitrogens with one attached hydrogen (secondary N) is 2. The van der Waals surface area contributed by atoms with Crippen LogP contribution in [0.4, 0.5) is 9.52 Å². The Morgan fingerprint density at radius 3 is 2.75 bits per heavy atom.